The van der Waals surface area contributed by atoms with Crippen LogP contribution in [0.5, 0.6) is 0 Å². The largest absolute Gasteiger partial charge is 0.468 e. The third-order valence-electron chi connectivity index (χ3n) is 2.71. The number of carbonyl (C=O) groups excluding carboxylic acids is 2. The molecule has 1 N–H and O–H groups in total. The van der Waals surface area contributed by atoms with Crippen LogP contribution in [-0.2, 0) is 23.8 Å². The summed E-state index contributed by atoms with van der Waals surface area (Å²) in [5, 5.41) is 21.4. The molecule has 0 aromatic carbocycles. The van der Waals surface area contributed by atoms with E-state index in [1.807, 2.05) is 0 Å². The first-order valence-electron chi connectivity index (χ1n) is 6.00. The molecule has 2 atom stereocenters. The molecule has 0 aromatic heterocycles. The normalized spacial score (nSPS) is 24.1. The Bertz CT molecular complexity index is 497. The molecule has 0 aromatic rings. The Balaban J connectivity index is 3.04. The van der Waals surface area contributed by atoms with Gasteiger partial charge < -0.3 is 19.3 Å². The third-order valence-corrected chi connectivity index (χ3v) is 2.71. The fraction of sp³-hybridized carbons (Fsp3) is 0.500. The van der Waals surface area contributed by atoms with Crippen molar-refractivity contribution < 1.29 is 33.8 Å². The van der Waals surface area contributed by atoms with Gasteiger partial charge in [-0.15, -0.1) is 0 Å². The molecule has 0 saturated heterocycles. The molecule has 9 nitrogen and oxygen atoms in total. The number of methoxy groups -OCH3 is 1. The van der Waals surface area contributed by atoms with Gasteiger partial charge in [0.15, 0.2) is 0 Å². The number of rotatable bonds is 6. The molecule has 1 aliphatic carbocycles. The topological polar surface area (TPSA) is 125 Å². The van der Waals surface area contributed by atoms with Gasteiger partial charge in [0.05, 0.1) is 18.6 Å². The summed E-state index contributed by atoms with van der Waals surface area (Å²) in [5.41, 5.74) is -0.773. The second-order valence-electron chi connectivity index (χ2n) is 3.98. The molecule has 0 spiro atoms. The van der Waals surface area contributed by atoms with Crippen LogP contribution in [-0.4, -0.2) is 48.1 Å². The summed E-state index contributed by atoms with van der Waals surface area (Å²) in [7, 11) is 1.06. The summed E-state index contributed by atoms with van der Waals surface area (Å²) in [6, 6.07) is 0. The highest BCUT2D eigenvalue weighted by atomic mass is 16.7. The molecular formula is C12H15NO8. The van der Waals surface area contributed by atoms with Crippen molar-refractivity contribution >= 4 is 11.9 Å². The van der Waals surface area contributed by atoms with Crippen LogP contribution in [0.4, 0.5) is 0 Å². The first kappa shape index (κ1) is 16.8. The van der Waals surface area contributed by atoms with Crippen molar-refractivity contribution in [2.24, 2.45) is 5.92 Å². The zero-order valence-electron chi connectivity index (χ0n) is 11.5. The third kappa shape index (κ3) is 3.64. The lowest BCUT2D eigenvalue weighted by atomic mass is 9.91. The number of esters is 2. The van der Waals surface area contributed by atoms with Gasteiger partial charge in [0.25, 0.3) is 5.79 Å². The second-order valence-corrected chi connectivity index (χ2v) is 3.98. The molecule has 0 heterocycles. The SMILES string of the molecule is CCOC(=O)COC1(O)C([N+](=O)[O-])=CC=CC1C(=O)OC. The molecule has 2 unspecified atom stereocenters. The Morgan fingerprint density at radius 1 is 1.52 bits per heavy atom. The van der Waals surface area contributed by atoms with Gasteiger partial charge in [0.2, 0.25) is 0 Å². The Labute approximate surface area is 119 Å². The Morgan fingerprint density at radius 3 is 2.71 bits per heavy atom. The van der Waals surface area contributed by atoms with Crippen LogP contribution in [0.2, 0.25) is 0 Å². The predicted octanol–water partition coefficient (Wildman–Crippen LogP) is -0.226. The van der Waals surface area contributed by atoms with E-state index in [0.29, 0.717) is 0 Å². The lowest BCUT2D eigenvalue weighted by Crippen LogP contribution is -2.50. The summed E-state index contributed by atoms with van der Waals surface area (Å²) < 4.78 is 14.0. The fourth-order valence-electron chi connectivity index (χ4n) is 1.76. The molecule has 9 heteroatoms. The fourth-order valence-corrected chi connectivity index (χ4v) is 1.76. The van der Waals surface area contributed by atoms with Crippen LogP contribution in [0, 0.1) is 16.0 Å². The number of hydrogen-bond donors (Lipinski definition) is 1. The minimum absolute atomic E-state index is 0.0822. The van der Waals surface area contributed by atoms with Crippen molar-refractivity contribution in [3.05, 3.63) is 34.0 Å². The van der Waals surface area contributed by atoms with Gasteiger partial charge in [-0.2, -0.15) is 0 Å². The van der Waals surface area contributed by atoms with Crippen molar-refractivity contribution in [1.29, 1.82) is 0 Å². The Hall–Kier alpha value is -2.26. The van der Waals surface area contributed by atoms with Gasteiger partial charge in [-0.1, -0.05) is 12.2 Å². The lowest BCUT2D eigenvalue weighted by molar-refractivity contribution is -0.465. The second kappa shape index (κ2) is 6.95. The monoisotopic (exact) mass is 301 g/mol. The smallest absolute Gasteiger partial charge is 0.332 e. The van der Waals surface area contributed by atoms with Crippen LogP contribution in [0.15, 0.2) is 23.9 Å². The van der Waals surface area contributed by atoms with E-state index in [2.05, 4.69) is 9.47 Å². The van der Waals surface area contributed by atoms with E-state index in [9.17, 15) is 24.8 Å². The number of nitrogens with zero attached hydrogens (tertiary/aromatic N) is 1. The highest BCUT2D eigenvalue weighted by molar-refractivity contribution is 5.77. The number of allylic oxidation sites excluding steroid dienone is 2. The van der Waals surface area contributed by atoms with Gasteiger partial charge in [0.1, 0.15) is 12.5 Å². The maximum absolute atomic E-state index is 11.6. The molecule has 0 amide bonds. The predicted molar refractivity (Wildman–Crippen MR) is 67.3 cm³/mol. The zero-order chi connectivity index (χ0) is 16.0. The number of ether oxygens (including phenoxy) is 3. The first-order chi connectivity index (χ1) is 9.86. The summed E-state index contributed by atoms with van der Waals surface area (Å²) in [5.74, 6) is -5.85. The first-order valence-corrected chi connectivity index (χ1v) is 6.00. The average molecular weight is 301 g/mol. The number of carbonyl (C=O) groups is 2. The maximum atomic E-state index is 11.6. The summed E-state index contributed by atoms with van der Waals surface area (Å²) in [6.07, 6.45) is 3.39. The molecule has 0 aliphatic heterocycles. The van der Waals surface area contributed by atoms with Crippen molar-refractivity contribution in [2.45, 2.75) is 12.7 Å². The van der Waals surface area contributed by atoms with E-state index in [4.69, 9.17) is 4.74 Å². The standard InChI is InChI=1S/C12H15NO8/c1-3-20-10(14)7-21-12(16)8(11(15)19-2)5-4-6-9(12)13(17)18/h4-6,8,16H,3,7H2,1-2H3. The highest BCUT2D eigenvalue weighted by Crippen LogP contribution is 2.33. The van der Waals surface area contributed by atoms with E-state index < -0.39 is 40.9 Å². The molecule has 0 radical (unpaired) electrons. The highest BCUT2D eigenvalue weighted by Gasteiger charge is 2.53. The van der Waals surface area contributed by atoms with Crippen molar-refractivity contribution in [3.8, 4) is 0 Å². The zero-order valence-corrected chi connectivity index (χ0v) is 11.5. The van der Waals surface area contributed by atoms with E-state index in [0.717, 1.165) is 13.2 Å². The number of hydrogen-bond acceptors (Lipinski definition) is 8. The van der Waals surface area contributed by atoms with E-state index in [1.54, 1.807) is 6.92 Å². The van der Waals surface area contributed by atoms with E-state index in [1.165, 1.54) is 12.2 Å². The Morgan fingerprint density at radius 2 is 2.19 bits per heavy atom. The summed E-state index contributed by atoms with van der Waals surface area (Å²) in [6.45, 7) is 0.894. The van der Waals surface area contributed by atoms with Gasteiger partial charge in [-0.05, 0) is 6.92 Å². The van der Waals surface area contributed by atoms with Gasteiger partial charge in [0, 0.05) is 6.08 Å². The lowest BCUT2D eigenvalue weighted by Gasteiger charge is -2.31. The summed E-state index contributed by atoms with van der Waals surface area (Å²) in [4.78, 5) is 33.0. The molecule has 116 valence electrons. The van der Waals surface area contributed by atoms with E-state index in [-0.39, 0.29) is 6.61 Å². The van der Waals surface area contributed by atoms with Crippen LogP contribution >= 0.6 is 0 Å². The quantitative estimate of drug-likeness (QED) is 0.309. The van der Waals surface area contributed by atoms with Crippen LogP contribution in [0.1, 0.15) is 6.92 Å². The van der Waals surface area contributed by atoms with Crippen LogP contribution in [0.25, 0.3) is 0 Å². The molecule has 21 heavy (non-hydrogen) atoms. The Kier molecular flexibility index (Phi) is 5.56. The van der Waals surface area contributed by atoms with Gasteiger partial charge >= 0.3 is 17.6 Å². The molecule has 0 bridgehead atoms. The molecule has 0 saturated carbocycles. The minimum atomic E-state index is -2.61. The number of nitro groups is 1. The summed E-state index contributed by atoms with van der Waals surface area (Å²) >= 11 is 0. The van der Waals surface area contributed by atoms with Crippen molar-refractivity contribution in [3.63, 3.8) is 0 Å². The number of aliphatic hydroxyl groups is 1. The average Bonchev–Trinajstić information content (AvgIpc) is 2.44. The molecule has 0 fully saturated rings. The minimum Gasteiger partial charge on any atom is -0.468 e. The van der Waals surface area contributed by atoms with Crippen molar-refractivity contribution in [1.82, 2.24) is 0 Å². The van der Waals surface area contributed by atoms with E-state index >= 15 is 0 Å². The van der Waals surface area contributed by atoms with Gasteiger partial charge in [-0.25, -0.2) is 4.79 Å². The van der Waals surface area contributed by atoms with Crippen molar-refractivity contribution in [2.75, 3.05) is 20.3 Å². The molecular weight excluding hydrogens is 286 g/mol. The van der Waals surface area contributed by atoms with Crippen LogP contribution < -0.4 is 0 Å². The maximum Gasteiger partial charge on any atom is 0.332 e. The molecule has 1 aliphatic rings. The van der Waals surface area contributed by atoms with Gasteiger partial charge in [-0.3, -0.25) is 14.9 Å². The van der Waals surface area contributed by atoms with Crippen LogP contribution in [0.3, 0.4) is 0 Å². The molecule has 1 rings (SSSR count).